The molecule has 0 fully saturated rings. The number of nitrogens with one attached hydrogen (secondary N) is 1. The molecule has 0 bridgehead atoms. The van der Waals surface area contributed by atoms with E-state index in [1.807, 2.05) is 35.8 Å². The summed E-state index contributed by atoms with van der Waals surface area (Å²) < 4.78 is 6.93. The lowest BCUT2D eigenvalue weighted by molar-refractivity contribution is -0.116. The van der Waals surface area contributed by atoms with Crippen molar-refractivity contribution in [2.45, 2.75) is 46.1 Å². The van der Waals surface area contributed by atoms with Gasteiger partial charge in [0.1, 0.15) is 16.9 Å². The number of aromatic nitrogens is 3. The van der Waals surface area contributed by atoms with Crippen molar-refractivity contribution in [1.29, 1.82) is 0 Å². The lowest BCUT2D eigenvalue weighted by atomic mass is 9.99. The number of carbonyl (C=O) groups is 2. The molecule has 9 nitrogen and oxygen atoms in total. The summed E-state index contributed by atoms with van der Waals surface area (Å²) in [5.74, 6) is 0.664. The minimum atomic E-state index is -0.591. The number of benzene rings is 2. The number of ether oxygens (including phenoxy) is 1. The van der Waals surface area contributed by atoms with Crippen molar-refractivity contribution in [3.8, 4) is 5.00 Å². The lowest BCUT2D eigenvalue weighted by Crippen LogP contribution is -2.18. The molecule has 1 aliphatic rings. The Balaban J connectivity index is 0.00000405. The van der Waals surface area contributed by atoms with Gasteiger partial charge in [-0.15, -0.1) is 33.9 Å². The summed E-state index contributed by atoms with van der Waals surface area (Å²) in [6.45, 7) is 6.56. The first kappa shape index (κ1) is 31.4. The van der Waals surface area contributed by atoms with Crippen molar-refractivity contribution in [2.75, 3.05) is 19.0 Å². The van der Waals surface area contributed by atoms with Crippen LogP contribution in [-0.2, 0) is 16.0 Å². The van der Waals surface area contributed by atoms with Gasteiger partial charge in [-0.25, -0.2) is 4.79 Å². The quantitative estimate of drug-likeness (QED) is 0.234. The number of amides is 1. The van der Waals surface area contributed by atoms with Crippen molar-refractivity contribution in [2.24, 2.45) is 10.7 Å². The normalized spacial score (nSPS) is 13.8. The number of halogens is 2. The van der Waals surface area contributed by atoms with Crippen molar-refractivity contribution in [3.63, 3.8) is 0 Å². The highest BCUT2D eigenvalue weighted by Gasteiger charge is 2.32. The Labute approximate surface area is 259 Å². The van der Waals surface area contributed by atoms with E-state index in [9.17, 15) is 9.59 Å². The van der Waals surface area contributed by atoms with Crippen LogP contribution in [0.15, 0.2) is 47.5 Å². The Morgan fingerprint density at radius 1 is 1.12 bits per heavy atom. The lowest BCUT2D eigenvalue weighted by Gasteiger charge is -2.14. The van der Waals surface area contributed by atoms with E-state index in [-0.39, 0.29) is 24.7 Å². The van der Waals surface area contributed by atoms with Crippen molar-refractivity contribution in [1.82, 2.24) is 14.8 Å². The molecule has 0 radical (unpaired) electrons. The van der Waals surface area contributed by atoms with Gasteiger partial charge < -0.3 is 15.8 Å². The molecule has 220 valence electrons. The molecule has 4 aromatic rings. The highest BCUT2D eigenvalue weighted by atomic mass is 35.5. The van der Waals surface area contributed by atoms with Crippen LogP contribution in [0, 0.1) is 20.8 Å². The summed E-state index contributed by atoms with van der Waals surface area (Å²) in [5.41, 5.74) is 11.3. The molecule has 0 aliphatic carbocycles. The van der Waals surface area contributed by atoms with Gasteiger partial charge in [-0.1, -0.05) is 23.7 Å². The summed E-state index contributed by atoms with van der Waals surface area (Å²) in [6.07, 6.45) is 1.33. The van der Waals surface area contributed by atoms with E-state index in [0.717, 1.165) is 38.8 Å². The monoisotopic (exact) mass is 626 g/mol. The van der Waals surface area contributed by atoms with Crippen LogP contribution < -0.4 is 11.1 Å². The third kappa shape index (κ3) is 6.12. The molecule has 2 aromatic heterocycles. The highest BCUT2D eigenvalue weighted by molar-refractivity contribution is 7.15. The topological polar surface area (TPSA) is 124 Å². The van der Waals surface area contributed by atoms with Crippen LogP contribution >= 0.6 is 35.3 Å². The number of esters is 1. The molecule has 1 atom stereocenters. The number of nitrogens with zero attached hydrogens (tertiary/aromatic N) is 4. The Kier molecular flexibility index (Phi) is 9.83. The largest absolute Gasteiger partial charge is 0.465 e. The van der Waals surface area contributed by atoms with Crippen LogP contribution in [0.5, 0.6) is 0 Å². The number of carbonyl (C=O) groups excluding carboxylic acids is 2. The third-order valence-corrected chi connectivity index (χ3v) is 8.62. The molecule has 42 heavy (non-hydrogen) atoms. The molecular weight excluding hydrogens is 595 g/mol. The molecule has 0 unspecified atom stereocenters. The Morgan fingerprint density at radius 2 is 1.86 bits per heavy atom. The van der Waals surface area contributed by atoms with Gasteiger partial charge in [-0.05, 0) is 81.6 Å². The maximum Gasteiger partial charge on any atom is 0.338 e. The fraction of sp³-hybridized carbons (Fsp3) is 0.300. The predicted molar refractivity (Wildman–Crippen MR) is 169 cm³/mol. The Bertz CT molecular complexity index is 1660. The molecule has 0 saturated carbocycles. The minimum Gasteiger partial charge on any atom is -0.465 e. The summed E-state index contributed by atoms with van der Waals surface area (Å²) in [6, 6.07) is 12.1. The van der Waals surface area contributed by atoms with Crippen LogP contribution in [0.2, 0.25) is 5.02 Å². The number of fused-ring (bicyclic) bond motifs is 3. The second kappa shape index (κ2) is 13.2. The molecule has 0 saturated heterocycles. The van der Waals surface area contributed by atoms with Gasteiger partial charge in [0, 0.05) is 26.7 Å². The number of aliphatic imine (C=N–C) groups is 1. The van der Waals surface area contributed by atoms with E-state index in [0.29, 0.717) is 41.5 Å². The second-order valence-corrected chi connectivity index (χ2v) is 11.6. The van der Waals surface area contributed by atoms with Gasteiger partial charge in [0.05, 0.1) is 24.8 Å². The number of aryl methyl sites for hydroxylation is 3. The number of anilines is 1. The molecule has 3 heterocycles. The zero-order valence-electron chi connectivity index (χ0n) is 23.7. The zero-order valence-corrected chi connectivity index (χ0v) is 26.1. The fourth-order valence-corrected chi connectivity index (χ4v) is 6.34. The molecule has 5 rings (SSSR count). The summed E-state index contributed by atoms with van der Waals surface area (Å²) in [7, 11) is 1.35. The SMILES string of the molecule is COC(=O)c1ccc(NC(=O)C[C@@H]2N=C(c3ccc(Cl)cc3)c3c(sc(C)c3C)-n3c(C)nnc32)cc1CCCN.Cl. The first-order valence-electron chi connectivity index (χ1n) is 13.3. The number of rotatable bonds is 8. The first-order valence-corrected chi connectivity index (χ1v) is 14.5. The fourth-order valence-electron chi connectivity index (χ4n) is 5.00. The molecule has 1 aliphatic heterocycles. The smallest absolute Gasteiger partial charge is 0.338 e. The van der Waals surface area contributed by atoms with Crippen LogP contribution in [0.4, 0.5) is 5.69 Å². The number of nitrogens with two attached hydrogens (primary N) is 1. The number of thiophene rings is 1. The minimum absolute atomic E-state index is 0. The van der Waals surface area contributed by atoms with Gasteiger partial charge in [0.25, 0.3) is 0 Å². The number of hydrogen-bond acceptors (Lipinski definition) is 8. The van der Waals surface area contributed by atoms with E-state index in [2.05, 4.69) is 29.4 Å². The number of methoxy groups -OCH3 is 1. The standard InChI is InChI=1S/C30H31ClN6O3S.ClH/c1-16-17(2)41-29-26(16)27(19-7-9-21(31)10-8-19)34-24(28-36-35-18(3)37(28)29)15-25(38)33-22-11-12-23(30(39)40-4)20(14-22)6-5-13-32;/h7-12,14,24H,5-6,13,15,32H2,1-4H3,(H,33,38);1H/t24-;/m0./s1. The Hall–Kier alpha value is -3.57. The summed E-state index contributed by atoms with van der Waals surface area (Å²) >= 11 is 7.86. The first-order chi connectivity index (χ1) is 19.7. The Morgan fingerprint density at radius 3 is 2.55 bits per heavy atom. The van der Waals surface area contributed by atoms with Crippen LogP contribution in [-0.4, -0.2) is 46.0 Å². The van der Waals surface area contributed by atoms with Gasteiger partial charge >= 0.3 is 5.97 Å². The van der Waals surface area contributed by atoms with Crippen molar-refractivity contribution >= 4 is 58.6 Å². The van der Waals surface area contributed by atoms with Gasteiger partial charge in [0.2, 0.25) is 5.91 Å². The highest BCUT2D eigenvalue weighted by Crippen LogP contribution is 2.39. The maximum absolute atomic E-state index is 13.5. The van der Waals surface area contributed by atoms with Crippen molar-refractivity contribution in [3.05, 3.63) is 91.8 Å². The van der Waals surface area contributed by atoms with Crippen LogP contribution in [0.1, 0.15) is 68.0 Å². The maximum atomic E-state index is 13.5. The molecule has 1 amide bonds. The average Bonchev–Trinajstić information content (AvgIpc) is 3.44. The number of hydrogen-bond donors (Lipinski definition) is 2. The molecule has 12 heteroatoms. The van der Waals surface area contributed by atoms with E-state index < -0.39 is 12.0 Å². The van der Waals surface area contributed by atoms with E-state index >= 15 is 0 Å². The zero-order chi connectivity index (χ0) is 29.3. The van der Waals surface area contributed by atoms with Crippen LogP contribution in [0.25, 0.3) is 5.00 Å². The molecule has 2 aromatic carbocycles. The predicted octanol–water partition coefficient (Wildman–Crippen LogP) is 5.93. The van der Waals surface area contributed by atoms with Gasteiger partial charge in [0.15, 0.2) is 5.82 Å². The van der Waals surface area contributed by atoms with Gasteiger partial charge in [-0.3, -0.25) is 14.4 Å². The van der Waals surface area contributed by atoms with E-state index in [1.54, 1.807) is 29.5 Å². The third-order valence-electron chi connectivity index (χ3n) is 7.18. The van der Waals surface area contributed by atoms with Gasteiger partial charge in [-0.2, -0.15) is 0 Å². The summed E-state index contributed by atoms with van der Waals surface area (Å²) in [4.78, 5) is 32.0. The molecule has 3 N–H and O–H groups in total. The summed E-state index contributed by atoms with van der Waals surface area (Å²) in [5, 5.41) is 13.4. The molecular formula is C30H32Cl2N6O3S. The second-order valence-electron chi connectivity index (χ2n) is 9.91. The van der Waals surface area contributed by atoms with E-state index in [4.69, 9.17) is 27.1 Å². The van der Waals surface area contributed by atoms with Crippen LogP contribution in [0.3, 0.4) is 0 Å². The molecule has 0 spiro atoms. The van der Waals surface area contributed by atoms with Crippen molar-refractivity contribution < 1.29 is 14.3 Å². The van der Waals surface area contributed by atoms with E-state index in [1.165, 1.54) is 12.0 Å². The average molecular weight is 628 g/mol.